The highest BCUT2D eigenvalue weighted by molar-refractivity contribution is 6.30. The molecule has 1 fully saturated rings. The summed E-state index contributed by atoms with van der Waals surface area (Å²) in [7, 11) is 1.62. The van der Waals surface area contributed by atoms with Crippen LogP contribution in [0.5, 0.6) is 5.75 Å². The minimum absolute atomic E-state index is 0.466. The van der Waals surface area contributed by atoms with E-state index in [2.05, 4.69) is 0 Å². The molecule has 0 heterocycles. The molecule has 0 aromatic heterocycles. The lowest BCUT2D eigenvalue weighted by molar-refractivity contribution is 0.141. The minimum Gasteiger partial charge on any atom is -0.496 e. The van der Waals surface area contributed by atoms with Crippen LogP contribution in [0.2, 0.25) is 5.02 Å². The lowest BCUT2D eigenvalue weighted by Gasteiger charge is -2.18. The third-order valence-corrected chi connectivity index (χ3v) is 3.82. The Balaban J connectivity index is 2.11. The first-order valence-corrected chi connectivity index (χ1v) is 6.60. The highest BCUT2D eigenvalue weighted by atomic mass is 35.5. The Labute approximate surface area is 108 Å². The van der Waals surface area contributed by atoms with Crippen molar-refractivity contribution in [3.05, 3.63) is 28.8 Å². The van der Waals surface area contributed by atoms with Gasteiger partial charge in [0.1, 0.15) is 5.75 Å². The highest BCUT2D eigenvalue weighted by Crippen LogP contribution is 2.36. The molecule has 0 amide bonds. The molecule has 0 aliphatic heterocycles. The quantitative estimate of drug-likeness (QED) is 0.881. The zero-order valence-electron chi connectivity index (χ0n) is 10.2. The van der Waals surface area contributed by atoms with E-state index in [9.17, 15) is 5.11 Å². The molecule has 1 aromatic carbocycles. The predicted octanol–water partition coefficient (Wildman–Crippen LogP) is 3.96. The zero-order valence-corrected chi connectivity index (χ0v) is 10.9. The van der Waals surface area contributed by atoms with Gasteiger partial charge in [0.15, 0.2) is 0 Å². The summed E-state index contributed by atoms with van der Waals surface area (Å²) in [5.41, 5.74) is 0.812. The minimum atomic E-state index is -0.466. The predicted molar refractivity (Wildman–Crippen MR) is 69.5 cm³/mol. The summed E-state index contributed by atoms with van der Waals surface area (Å²) in [6, 6.07) is 5.40. The van der Waals surface area contributed by atoms with Gasteiger partial charge in [0.2, 0.25) is 0 Å². The summed E-state index contributed by atoms with van der Waals surface area (Å²) in [5, 5.41) is 10.9. The number of hydrogen-bond acceptors (Lipinski definition) is 2. The first-order valence-electron chi connectivity index (χ1n) is 6.22. The summed E-state index contributed by atoms with van der Waals surface area (Å²) in [4.78, 5) is 0. The fourth-order valence-corrected chi connectivity index (χ4v) is 2.83. The average Bonchev–Trinajstić information content (AvgIpc) is 2.81. The number of hydrogen-bond donors (Lipinski definition) is 1. The van der Waals surface area contributed by atoms with E-state index >= 15 is 0 Å². The van der Waals surface area contributed by atoms with Gasteiger partial charge in [-0.1, -0.05) is 37.3 Å². The Kier molecular flexibility index (Phi) is 4.30. The molecule has 0 saturated heterocycles. The van der Waals surface area contributed by atoms with Crippen molar-refractivity contribution >= 4 is 11.6 Å². The van der Waals surface area contributed by atoms with Crippen molar-refractivity contribution in [2.75, 3.05) is 7.11 Å². The van der Waals surface area contributed by atoms with E-state index in [0.29, 0.717) is 10.9 Å². The van der Waals surface area contributed by atoms with Gasteiger partial charge in [-0.25, -0.2) is 0 Å². The Bertz CT molecular complexity index is 372. The van der Waals surface area contributed by atoms with Crippen molar-refractivity contribution in [3.63, 3.8) is 0 Å². The summed E-state index contributed by atoms with van der Waals surface area (Å²) in [6.45, 7) is 0. The van der Waals surface area contributed by atoms with Gasteiger partial charge < -0.3 is 9.84 Å². The smallest absolute Gasteiger partial charge is 0.124 e. The van der Waals surface area contributed by atoms with Gasteiger partial charge in [-0.05, 0) is 30.5 Å². The second kappa shape index (κ2) is 5.74. The molecule has 1 unspecified atom stereocenters. The number of rotatable bonds is 4. The number of halogens is 1. The van der Waals surface area contributed by atoms with Crippen LogP contribution in [0, 0.1) is 5.92 Å². The second-order valence-corrected chi connectivity index (χ2v) is 5.22. The molecule has 1 aliphatic rings. The Morgan fingerprint density at radius 1 is 1.41 bits per heavy atom. The number of ether oxygens (including phenoxy) is 1. The van der Waals surface area contributed by atoms with Crippen LogP contribution in [0.4, 0.5) is 0 Å². The molecule has 1 atom stereocenters. The highest BCUT2D eigenvalue weighted by Gasteiger charge is 2.21. The number of aliphatic hydroxyl groups excluding tert-OH is 1. The summed E-state index contributed by atoms with van der Waals surface area (Å²) in [6.07, 6.45) is 5.41. The molecule has 1 N–H and O–H groups in total. The molecular formula is C14H19ClO2. The normalized spacial score (nSPS) is 18.3. The fraction of sp³-hybridized carbons (Fsp3) is 0.571. The SMILES string of the molecule is COc1ccc(Cl)cc1C(O)CC1CCCC1. The number of benzene rings is 1. The van der Waals surface area contributed by atoms with Crippen LogP contribution >= 0.6 is 11.6 Å². The van der Waals surface area contributed by atoms with Crippen LogP contribution in [0.15, 0.2) is 18.2 Å². The molecule has 2 rings (SSSR count). The molecular weight excluding hydrogens is 236 g/mol. The van der Waals surface area contributed by atoms with E-state index in [0.717, 1.165) is 17.7 Å². The van der Waals surface area contributed by atoms with Crippen LogP contribution in [0.3, 0.4) is 0 Å². The monoisotopic (exact) mass is 254 g/mol. The largest absolute Gasteiger partial charge is 0.496 e. The molecule has 0 bridgehead atoms. The van der Waals surface area contributed by atoms with Crippen LogP contribution < -0.4 is 4.74 Å². The maximum atomic E-state index is 10.3. The molecule has 94 valence electrons. The Morgan fingerprint density at radius 2 is 2.12 bits per heavy atom. The lowest BCUT2D eigenvalue weighted by Crippen LogP contribution is -2.06. The third kappa shape index (κ3) is 3.14. The lowest BCUT2D eigenvalue weighted by atomic mass is 9.95. The van der Waals surface area contributed by atoms with Crippen molar-refractivity contribution in [1.82, 2.24) is 0 Å². The van der Waals surface area contributed by atoms with Crippen LogP contribution in [0.1, 0.15) is 43.8 Å². The first kappa shape index (κ1) is 12.7. The molecule has 1 aromatic rings. The van der Waals surface area contributed by atoms with Gasteiger partial charge in [0, 0.05) is 10.6 Å². The molecule has 2 nitrogen and oxygen atoms in total. The molecule has 0 spiro atoms. The van der Waals surface area contributed by atoms with Crippen LogP contribution in [-0.4, -0.2) is 12.2 Å². The van der Waals surface area contributed by atoms with E-state index in [-0.39, 0.29) is 0 Å². The molecule has 0 radical (unpaired) electrons. The average molecular weight is 255 g/mol. The van der Waals surface area contributed by atoms with Gasteiger partial charge in [-0.2, -0.15) is 0 Å². The maximum absolute atomic E-state index is 10.3. The fourth-order valence-electron chi connectivity index (χ4n) is 2.65. The topological polar surface area (TPSA) is 29.5 Å². The molecule has 17 heavy (non-hydrogen) atoms. The van der Waals surface area contributed by atoms with E-state index in [1.807, 2.05) is 6.07 Å². The third-order valence-electron chi connectivity index (χ3n) is 3.58. The van der Waals surface area contributed by atoms with Crippen LogP contribution in [-0.2, 0) is 0 Å². The van der Waals surface area contributed by atoms with Crippen molar-refractivity contribution < 1.29 is 9.84 Å². The standard InChI is InChI=1S/C14H19ClO2/c1-17-14-7-6-11(15)9-12(14)13(16)8-10-4-2-3-5-10/h6-7,9-10,13,16H,2-5,8H2,1H3. The molecule has 1 saturated carbocycles. The maximum Gasteiger partial charge on any atom is 0.124 e. The Morgan fingerprint density at radius 3 is 2.76 bits per heavy atom. The molecule has 1 aliphatic carbocycles. The van der Waals surface area contributed by atoms with Crippen molar-refractivity contribution in [3.8, 4) is 5.75 Å². The van der Waals surface area contributed by atoms with Gasteiger partial charge in [0.25, 0.3) is 0 Å². The van der Waals surface area contributed by atoms with E-state index in [1.54, 1.807) is 19.2 Å². The van der Waals surface area contributed by atoms with Crippen LogP contribution in [0.25, 0.3) is 0 Å². The molecule has 3 heteroatoms. The van der Waals surface area contributed by atoms with E-state index in [1.165, 1.54) is 25.7 Å². The van der Waals surface area contributed by atoms with Gasteiger partial charge in [-0.3, -0.25) is 0 Å². The number of methoxy groups -OCH3 is 1. The van der Waals surface area contributed by atoms with Crippen molar-refractivity contribution in [2.45, 2.75) is 38.2 Å². The summed E-state index contributed by atoms with van der Waals surface area (Å²) >= 11 is 5.97. The van der Waals surface area contributed by atoms with E-state index in [4.69, 9.17) is 16.3 Å². The zero-order chi connectivity index (χ0) is 12.3. The first-order chi connectivity index (χ1) is 8.20. The van der Waals surface area contributed by atoms with Gasteiger partial charge >= 0.3 is 0 Å². The van der Waals surface area contributed by atoms with Crippen molar-refractivity contribution in [1.29, 1.82) is 0 Å². The number of aliphatic hydroxyl groups is 1. The summed E-state index contributed by atoms with van der Waals surface area (Å²) in [5.74, 6) is 1.37. The van der Waals surface area contributed by atoms with E-state index < -0.39 is 6.10 Å². The van der Waals surface area contributed by atoms with Gasteiger partial charge in [-0.15, -0.1) is 0 Å². The van der Waals surface area contributed by atoms with Crippen molar-refractivity contribution in [2.24, 2.45) is 5.92 Å². The Hall–Kier alpha value is -0.730. The van der Waals surface area contributed by atoms with Gasteiger partial charge in [0.05, 0.1) is 13.2 Å². The summed E-state index contributed by atoms with van der Waals surface area (Å²) < 4.78 is 5.27. The second-order valence-electron chi connectivity index (χ2n) is 4.79.